The number of hydrogen-bond donors (Lipinski definition) is 0. The molecule has 0 amide bonds. The first-order chi connectivity index (χ1) is 6.29. The molecule has 0 aliphatic heterocycles. The van der Waals surface area contributed by atoms with Crippen LogP contribution in [0.3, 0.4) is 0 Å². The van der Waals surface area contributed by atoms with Crippen LogP contribution in [0.5, 0.6) is 5.75 Å². The van der Waals surface area contributed by atoms with E-state index in [2.05, 4.69) is 4.18 Å². The molecule has 0 heterocycles. The van der Waals surface area contributed by atoms with Crippen LogP contribution in [-0.4, -0.2) is 8.42 Å². The van der Waals surface area contributed by atoms with E-state index >= 15 is 0 Å². The van der Waals surface area contributed by atoms with Crippen molar-refractivity contribution >= 4 is 20.0 Å². The van der Waals surface area contributed by atoms with Gasteiger partial charge in [-0.25, -0.2) is 0 Å². The van der Waals surface area contributed by atoms with Gasteiger partial charge in [-0.15, -0.1) is 0 Å². The second-order valence-corrected chi connectivity index (χ2v) is 5.29. The second kappa shape index (κ2) is 3.79. The van der Waals surface area contributed by atoms with Gasteiger partial charge in [0, 0.05) is 0 Å². The zero-order valence-corrected chi connectivity index (χ0v) is 9.74. The lowest BCUT2D eigenvalue weighted by molar-refractivity contribution is 0.499. The van der Waals surface area contributed by atoms with Crippen LogP contribution < -0.4 is 4.18 Å². The summed E-state index contributed by atoms with van der Waals surface area (Å²) in [5.41, 5.74) is 2.57. The van der Waals surface area contributed by atoms with Crippen LogP contribution in [0.1, 0.15) is 16.7 Å². The van der Waals surface area contributed by atoms with Crippen LogP contribution in [0.2, 0.25) is 0 Å². The zero-order chi connectivity index (χ0) is 10.9. The Morgan fingerprint density at radius 1 is 1.14 bits per heavy atom. The average molecular weight is 235 g/mol. The standard InChI is InChI=1S/C9H11ClO3S/c1-6-4-7(2)9(8(3)5-6)13-14(10,11)12/h4-5H,1-3H3. The maximum absolute atomic E-state index is 10.7. The summed E-state index contributed by atoms with van der Waals surface area (Å²) >= 11 is 0. The fraction of sp³-hybridized carbons (Fsp3) is 0.333. The van der Waals surface area contributed by atoms with E-state index in [4.69, 9.17) is 10.7 Å². The molecule has 0 N–H and O–H groups in total. The topological polar surface area (TPSA) is 43.4 Å². The predicted molar refractivity (Wildman–Crippen MR) is 56.1 cm³/mol. The van der Waals surface area contributed by atoms with E-state index < -0.39 is 9.33 Å². The number of rotatable bonds is 2. The Kier molecular flexibility index (Phi) is 3.07. The number of hydrogen-bond acceptors (Lipinski definition) is 3. The van der Waals surface area contributed by atoms with E-state index in [9.17, 15) is 8.42 Å². The minimum Gasteiger partial charge on any atom is -0.370 e. The Balaban J connectivity index is 3.22. The Morgan fingerprint density at radius 3 is 1.93 bits per heavy atom. The van der Waals surface area contributed by atoms with Crippen molar-refractivity contribution in [3.05, 3.63) is 28.8 Å². The van der Waals surface area contributed by atoms with Gasteiger partial charge in [-0.3, -0.25) is 0 Å². The van der Waals surface area contributed by atoms with Crippen molar-refractivity contribution in [3.8, 4) is 5.75 Å². The normalized spacial score (nSPS) is 11.4. The third-order valence-corrected chi connectivity index (χ3v) is 2.34. The van der Waals surface area contributed by atoms with Crippen molar-refractivity contribution < 1.29 is 12.6 Å². The fourth-order valence-corrected chi connectivity index (χ4v) is 2.05. The largest absolute Gasteiger partial charge is 0.401 e. The molecule has 0 aliphatic carbocycles. The Hall–Kier alpha value is -0.740. The van der Waals surface area contributed by atoms with Crippen molar-refractivity contribution in [1.29, 1.82) is 0 Å². The fourth-order valence-electron chi connectivity index (χ4n) is 1.40. The van der Waals surface area contributed by atoms with Crippen molar-refractivity contribution in [2.75, 3.05) is 0 Å². The molecule has 0 fully saturated rings. The molecule has 0 aliphatic rings. The molecular weight excluding hydrogens is 224 g/mol. The van der Waals surface area contributed by atoms with E-state index in [-0.39, 0.29) is 0 Å². The molecule has 0 bridgehead atoms. The molecule has 1 aromatic carbocycles. The smallest absolute Gasteiger partial charge is 0.370 e. The summed E-state index contributed by atoms with van der Waals surface area (Å²) in [5.74, 6) is 0.311. The molecule has 0 radical (unpaired) electrons. The summed E-state index contributed by atoms with van der Waals surface area (Å²) in [6.45, 7) is 5.48. The average Bonchev–Trinajstić information content (AvgIpc) is 1.95. The molecule has 78 valence electrons. The molecule has 1 aromatic rings. The summed E-state index contributed by atoms with van der Waals surface area (Å²) in [4.78, 5) is 0. The molecule has 5 heteroatoms. The van der Waals surface area contributed by atoms with Crippen LogP contribution in [0.4, 0.5) is 0 Å². The van der Waals surface area contributed by atoms with Gasteiger partial charge < -0.3 is 4.18 Å². The van der Waals surface area contributed by atoms with E-state index in [0.717, 1.165) is 16.7 Å². The van der Waals surface area contributed by atoms with Crippen LogP contribution >= 0.6 is 10.7 Å². The van der Waals surface area contributed by atoms with Gasteiger partial charge in [-0.2, -0.15) is 8.42 Å². The predicted octanol–water partition coefficient (Wildman–Crippen LogP) is 2.47. The number of halogens is 1. The highest BCUT2D eigenvalue weighted by Crippen LogP contribution is 2.26. The molecule has 0 spiro atoms. The maximum Gasteiger partial charge on any atom is 0.401 e. The quantitative estimate of drug-likeness (QED) is 0.739. The van der Waals surface area contributed by atoms with Crippen molar-refractivity contribution in [2.45, 2.75) is 20.8 Å². The van der Waals surface area contributed by atoms with E-state index in [1.165, 1.54) is 0 Å². The minimum absolute atomic E-state index is 0.311. The van der Waals surface area contributed by atoms with Gasteiger partial charge in [0.05, 0.1) is 10.7 Å². The monoisotopic (exact) mass is 234 g/mol. The second-order valence-electron chi connectivity index (χ2n) is 3.20. The van der Waals surface area contributed by atoms with E-state index in [0.29, 0.717) is 5.75 Å². The third kappa shape index (κ3) is 2.89. The van der Waals surface area contributed by atoms with Gasteiger partial charge in [0.15, 0.2) is 0 Å². The van der Waals surface area contributed by atoms with E-state index in [1.807, 2.05) is 19.1 Å². The molecule has 14 heavy (non-hydrogen) atoms. The van der Waals surface area contributed by atoms with Crippen LogP contribution in [0.25, 0.3) is 0 Å². The first-order valence-corrected chi connectivity index (χ1v) is 6.25. The SMILES string of the molecule is Cc1cc(C)c(OS(=O)(=O)Cl)c(C)c1. The lowest BCUT2D eigenvalue weighted by atomic mass is 10.1. The molecular formula is C9H11ClO3S. The van der Waals surface area contributed by atoms with Crippen molar-refractivity contribution in [1.82, 2.24) is 0 Å². The summed E-state index contributed by atoms with van der Waals surface area (Å²) < 4.78 is 26.1. The van der Waals surface area contributed by atoms with Crippen molar-refractivity contribution in [3.63, 3.8) is 0 Å². The van der Waals surface area contributed by atoms with Gasteiger partial charge in [0.1, 0.15) is 5.75 Å². The number of aryl methyl sites for hydroxylation is 3. The highest BCUT2D eigenvalue weighted by atomic mass is 35.7. The lowest BCUT2D eigenvalue weighted by Crippen LogP contribution is -2.03. The van der Waals surface area contributed by atoms with Gasteiger partial charge >= 0.3 is 9.33 Å². The molecule has 3 nitrogen and oxygen atoms in total. The molecule has 0 aromatic heterocycles. The molecule has 0 saturated heterocycles. The zero-order valence-electron chi connectivity index (χ0n) is 8.17. The van der Waals surface area contributed by atoms with Gasteiger partial charge in [0.25, 0.3) is 0 Å². The summed E-state index contributed by atoms with van der Waals surface area (Å²) in [6.07, 6.45) is 0. The molecule has 0 saturated carbocycles. The molecule has 0 atom stereocenters. The van der Waals surface area contributed by atoms with Crippen molar-refractivity contribution in [2.24, 2.45) is 0 Å². The first-order valence-electron chi connectivity index (χ1n) is 4.01. The van der Waals surface area contributed by atoms with Gasteiger partial charge in [-0.05, 0) is 31.9 Å². The van der Waals surface area contributed by atoms with E-state index in [1.54, 1.807) is 13.8 Å². The highest BCUT2D eigenvalue weighted by molar-refractivity contribution is 8.10. The molecule has 1 rings (SSSR count). The number of benzene rings is 1. The van der Waals surface area contributed by atoms with Crippen LogP contribution in [0.15, 0.2) is 12.1 Å². The highest BCUT2D eigenvalue weighted by Gasteiger charge is 2.12. The summed E-state index contributed by atoms with van der Waals surface area (Å²) in [6, 6.07) is 3.68. The molecule has 0 unspecified atom stereocenters. The van der Waals surface area contributed by atoms with Gasteiger partial charge in [0.2, 0.25) is 0 Å². The Labute approximate surface area is 88.3 Å². The summed E-state index contributed by atoms with van der Waals surface area (Å²) in [7, 11) is 1.04. The Bertz CT molecular complexity index is 428. The van der Waals surface area contributed by atoms with Crippen LogP contribution in [0, 0.1) is 20.8 Å². The summed E-state index contributed by atoms with van der Waals surface area (Å²) in [5, 5.41) is 0. The first kappa shape index (κ1) is 11.3. The lowest BCUT2D eigenvalue weighted by Gasteiger charge is -2.09. The van der Waals surface area contributed by atoms with Crippen LogP contribution in [-0.2, 0) is 9.33 Å². The maximum atomic E-state index is 10.7. The van der Waals surface area contributed by atoms with Gasteiger partial charge in [-0.1, -0.05) is 17.7 Å². The third-order valence-electron chi connectivity index (χ3n) is 1.79. The minimum atomic E-state index is -3.96. The Morgan fingerprint density at radius 2 is 1.57 bits per heavy atom.